The van der Waals surface area contributed by atoms with Gasteiger partial charge in [0.2, 0.25) is 0 Å². The van der Waals surface area contributed by atoms with E-state index in [-0.39, 0.29) is 25.4 Å². The Balaban J connectivity index is 1.61. The van der Waals surface area contributed by atoms with E-state index in [0.717, 1.165) is 11.1 Å². The lowest BCUT2D eigenvalue weighted by Crippen LogP contribution is -2.44. The first kappa shape index (κ1) is 21.7. The summed E-state index contributed by atoms with van der Waals surface area (Å²) in [5.41, 5.74) is 2.11. The molecule has 0 aromatic heterocycles. The molecule has 0 saturated carbocycles. The van der Waals surface area contributed by atoms with E-state index >= 15 is 0 Å². The molecule has 1 aliphatic rings. The number of hydrogen-bond donors (Lipinski definition) is 2. The van der Waals surface area contributed by atoms with E-state index in [1.165, 1.54) is 0 Å². The maximum Gasteiger partial charge on any atom is 0.107 e. The van der Waals surface area contributed by atoms with Gasteiger partial charge in [-0.2, -0.15) is 0 Å². The number of rotatable bonds is 9. The van der Waals surface area contributed by atoms with E-state index in [1.54, 1.807) is 0 Å². The van der Waals surface area contributed by atoms with Crippen molar-refractivity contribution in [3.8, 4) is 0 Å². The highest BCUT2D eigenvalue weighted by atomic mass is 16.6. The Hall–Kier alpha value is -2.02. The van der Waals surface area contributed by atoms with Gasteiger partial charge in [0.25, 0.3) is 0 Å². The molecule has 1 aliphatic heterocycles. The van der Waals surface area contributed by atoms with E-state index in [9.17, 15) is 10.2 Å². The average molecular weight is 398 g/mol. The SMILES string of the molecule is OC[C@@H]1O[C@@H]([C@@H](CO)OCc2ccccc2)C/C=C\C[C@@H]1OCc1ccccc1. The van der Waals surface area contributed by atoms with E-state index in [1.807, 2.05) is 66.7 Å². The minimum absolute atomic E-state index is 0.152. The normalized spacial score (nSPS) is 24.4. The highest BCUT2D eigenvalue weighted by Gasteiger charge is 2.31. The van der Waals surface area contributed by atoms with Gasteiger partial charge < -0.3 is 24.4 Å². The van der Waals surface area contributed by atoms with Crippen molar-refractivity contribution >= 4 is 0 Å². The maximum atomic E-state index is 9.92. The van der Waals surface area contributed by atoms with Crippen LogP contribution in [-0.4, -0.2) is 47.8 Å². The molecule has 0 fully saturated rings. The van der Waals surface area contributed by atoms with Gasteiger partial charge in [0.1, 0.15) is 12.2 Å². The molecular formula is C24H30O5. The van der Waals surface area contributed by atoms with Crippen LogP contribution in [0.1, 0.15) is 24.0 Å². The molecule has 0 aliphatic carbocycles. The molecular weight excluding hydrogens is 368 g/mol. The van der Waals surface area contributed by atoms with Gasteiger partial charge in [0.15, 0.2) is 0 Å². The standard InChI is InChI=1S/C24H30O5/c25-15-23(28-18-20-11-5-2-6-12-20)22-14-8-7-13-21(24(16-26)29-22)27-17-19-9-3-1-4-10-19/h1-12,21-26H,13-18H2/b8-7-/t21-,22+,23+,24-/m0/s1. The third-order valence-corrected chi connectivity index (χ3v) is 5.06. The molecule has 5 heteroatoms. The number of benzene rings is 2. The third kappa shape index (κ3) is 6.77. The van der Waals surface area contributed by atoms with Crippen molar-refractivity contribution in [1.82, 2.24) is 0 Å². The zero-order chi connectivity index (χ0) is 20.3. The minimum Gasteiger partial charge on any atom is -0.394 e. The van der Waals surface area contributed by atoms with E-state index in [4.69, 9.17) is 14.2 Å². The number of aliphatic hydroxyl groups is 2. The molecule has 4 atom stereocenters. The predicted octanol–water partition coefficient (Wildman–Crippen LogP) is 3.25. The molecule has 2 aromatic rings. The van der Waals surface area contributed by atoms with E-state index in [0.29, 0.717) is 26.1 Å². The Bertz CT molecular complexity index is 719. The molecule has 0 radical (unpaired) electrons. The highest BCUT2D eigenvalue weighted by Crippen LogP contribution is 2.22. The summed E-state index contributed by atoms with van der Waals surface area (Å²) < 4.78 is 18.2. The van der Waals surface area contributed by atoms with Crippen LogP contribution in [0.25, 0.3) is 0 Å². The van der Waals surface area contributed by atoms with Crippen molar-refractivity contribution in [2.45, 2.75) is 50.5 Å². The van der Waals surface area contributed by atoms with Gasteiger partial charge in [-0.25, -0.2) is 0 Å². The number of aliphatic hydroxyl groups excluding tert-OH is 2. The summed E-state index contributed by atoms with van der Waals surface area (Å²) in [7, 11) is 0. The predicted molar refractivity (Wildman–Crippen MR) is 111 cm³/mol. The summed E-state index contributed by atoms with van der Waals surface area (Å²) in [6.45, 7) is 0.546. The van der Waals surface area contributed by atoms with E-state index < -0.39 is 12.2 Å². The monoisotopic (exact) mass is 398 g/mol. The fourth-order valence-corrected chi connectivity index (χ4v) is 3.39. The van der Waals surface area contributed by atoms with Crippen LogP contribution in [0.15, 0.2) is 72.8 Å². The van der Waals surface area contributed by atoms with Crippen LogP contribution in [0.2, 0.25) is 0 Å². The second-order valence-corrected chi connectivity index (χ2v) is 7.19. The first-order valence-corrected chi connectivity index (χ1v) is 10.1. The molecule has 0 amide bonds. The van der Waals surface area contributed by atoms with Crippen LogP contribution in [0.4, 0.5) is 0 Å². The summed E-state index contributed by atoms with van der Waals surface area (Å²) in [5, 5.41) is 19.8. The molecule has 0 bridgehead atoms. The molecule has 3 rings (SSSR count). The van der Waals surface area contributed by atoms with Gasteiger partial charge in [-0.3, -0.25) is 0 Å². The fraction of sp³-hybridized carbons (Fsp3) is 0.417. The molecule has 2 N–H and O–H groups in total. The van der Waals surface area contributed by atoms with Gasteiger partial charge in [0.05, 0.1) is 38.6 Å². The molecule has 2 aromatic carbocycles. The number of ether oxygens (including phenoxy) is 3. The van der Waals surface area contributed by atoms with Crippen molar-refractivity contribution in [3.05, 3.63) is 83.9 Å². The van der Waals surface area contributed by atoms with Gasteiger partial charge >= 0.3 is 0 Å². The lowest BCUT2D eigenvalue weighted by molar-refractivity contribution is -0.166. The topological polar surface area (TPSA) is 68.2 Å². The second kappa shape index (κ2) is 11.9. The Morgan fingerprint density at radius 1 is 0.862 bits per heavy atom. The van der Waals surface area contributed by atoms with Crippen LogP contribution in [0.3, 0.4) is 0 Å². The molecule has 0 spiro atoms. The van der Waals surface area contributed by atoms with Crippen molar-refractivity contribution in [2.24, 2.45) is 0 Å². The van der Waals surface area contributed by atoms with Crippen molar-refractivity contribution in [2.75, 3.05) is 13.2 Å². The maximum absolute atomic E-state index is 9.92. The van der Waals surface area contributed by atoms with Crippen LogP contribution < -0.4 is 0 Å². The lowest BCUT2D eigenvalue weighted by atomic mass is 10.0. The van der Waals surface area contributed by atoms with Gasteiger partial charge in [-0.1, -0.05) is 72.8 Å². The summed E-state index contributed by atoms with van der Waals surface area (Å²) in [6.07, 6.45) is 3.77. The summed E-state index contributed by atoms with van der Waals surface area (Å²) >= 11 is 0. The smallest absolute Gasteiger partial charge is 0.107 e. The minimum atomic E-state index is -0.484. The Labute approximate surface area is 172 Å². The molecule has 156 valence electrons. The summed E-state index contributed by atoms with van der Waals surface area (Å²) in [5.74, 6) is 0. The van der Waals surface area contributed by atoms with E-state index in [2.05, 4.69) is 6.08 Å². The summed E-state index contributed by atoms with van der Waals surface area (Å²) in [4.78, 5) is 0. The van der Waals surface area contributed by atoms with Crippen molar-refractivity contribution in [3.63, 3.8) is 0 Å². The van der Waals surface area contributed by atoms with Gasteiger partial charge in [0, 0.05) is 0 Å². The van der Waals surface area contributed by atoms with Gasteiger partial charge in [-0.15, -0.1) is 0 Å². The molecule has 29 heavy (non-hydrogen) atoms. The second-order valence-electron chi connectivity index (χ2n) is 7.19. The Morgan fingerprint density at radius 2 is 1.48 bits per heavy atom. The molecule has 5 nitrogen and oxygen atoms in total. The zero-order valence-corrected chi connectivity index (χ0v) is 16.6. The quantitative estimate of drug-likeness (QED) is 0.635. The first-order chi connectivity index (χ1) is 14.3. The van der Waals surface area contributed by atoms with Gasteiger partial charge in [-0.05, 0) is 24.0 Å². The zero-order valence-electron chi connectivity index (χ0n) is 16.6. The third-order valence-electron chi connectivity index (χ3n) is 5.06. The Morgan fingerprint density at radius 3 is 2.10 bits per heavy atom. The Kier molecular flexibility index (Phi) is 8.86. The van der Waals surface area contributed by atoms with Crippen molar-refractivity contribution in [1.29, 1.82) is 0 Å². The first-order valence-electron chi connectivity index (χ1n) is 10.1. The molecule has 0 saturated heterocycles. The van der Waals surface area contributed by atoms with Crippen LogP contribution >= 0.6 is 0 Å². The number of hydrogen-bond acceptors (Lipinski definition) is 5. The van der Waals surface area contributed by atoms with Crippen LogP contribution in [0, 0.1) is 0 Å². The molecule has 1 heterocycles. The largest absolute Gasteiger partial charge is 0.394 e. The van der Waals surface area contributed by atoms with Crippen LogP contribution in [-0.2, 0) is 27.4 Å². The molecule has 0 unspecified atom stereocenters. The van der Waals surface area contributed by atoms with Crippen LogP contribution in [0.5, 0.6) is 0 Å². The fourth-order valence-electron chi connectivity index (χ4n) is 3.39. The highest BCUT2D eigenvalue weighted by molar-refractivity contribution is 5.14. The summed E-state index contributed by atoms with van der Waals surface area (Å²) in [6, 6.07) is 19.8. The lowest BCUT2D eigenvalue weighted by Gasteiger charge is -2.34. The average Bonchev–Trinajstić information content (AvgIpc) is 2.76. The van der Waals surface area contributed by atoms with Crippen molar-refractivity contribution < 1.29 is 24.4 Å².